The topological polar surface area (TPSA) is 113 Å². The fourth-order valence-corrected chi connectivity index (χ4v) is 4.91. The zero-order valence-electron chi connectivity index (χ0n) is 16.3. The van der Waals surface area contributed by atoms with Gasteiger partial charge in [0.15, 0.2) is 0 Å². The maximum atomic E-state index is 10.7. The van der Waals surface area contributed by atoms with Crippen LogP contribution in [0.5, 0.6) is 0 Å². The number of hydrogen-bond donors (Lipinski definition) is 3. The average Bonchev–Trinajstić information content (AvgIpc) is 2.52. The predicted octanol–water partition coefficient (Wildman–Crippen LogP) is 3.38. The molecule has 5 N–H and O–H groups in total. The Balaban J connectivity index is 0.000000251. The lowest BCUT2D eigenvalue weighted by Gasteiger charge is -2.33. The Bertz CT molecular complexity index is 442. The highest BCUT2D eigenvalue weighted by Crippen LogP contribution is 2.34. The van der Waals surface area contributed by atoms with Gasteiger partial charge in [0, 0.05) is 0 Å². The molecule has 0 bridgehead atoms. The van der Waals surface area contributed by atoms with Gasteiger partial charge in [-0.05, 0) is 74.0 Å². The van der Waals surface area contributed by atoms with E-state index in [4.69, 9.17) is 21.8 Å². The van der Waals surface area contributed by atoms with Crippen LogP contribution in [0.4, 0.5) is 0 Å². The van der Waals surface area contributed by atoms with Crippen LogP contribution in [0.2, 0.25) is 0 Å². The van der Waals surface area contributed by atoms with E-state index in [9.17, 15) is 4.79 Å². The molecule has 5 nitrogen and oxygen atoms in total. The molecule has 0 heterocycles. The first-order valence-corrected chi connectivity index (χ1v) is 9.77. The monoisotopic (exact) mass is 351 g/mol. The van der Waals surface area contributed by atoms with Gasteiger partial charge in [-0.3, -0.25) is 4.79 Å². The van der Waals surface area contributed by atoms with E-state index in [1.165, 1.54) is 12.8 Å². The maximum absolute atomic E-state index is 10.7. The van der Waals surface area contributed by atoms with Gasteiger partial charge in [-0.25, -0.2) is 0 Å². The lowest BCUT2D eigenvalue weighted by atomic mass is 9.74. The Labute approximate surface area is 153 Å². The van der Waals surface area contributed by atoms with Crippen LogP contribution < -0.4 is 11.5 Å². The van der Waals surface area contributed by atoms with Crippen LogP contribution in [0.15, 0.2) is 0 Å². The molecule has 25 heavy (non-hydrogen) atoms. The third kappa shape index (κ3) is 7.33. The number of carboxylic acids is 1. The first kappa shape index (κ1) is 21.9. The Hall–Kier alpha value is -1.12. The molecule has 2 aliphatic carbocycles. The minimum Gasteiger partial charge on any atom is -0.480 e. The van der Waals surface area contributed by atoms with Gasteiger partial charge in [0.2, 0.25) is 0 Å². The Morgan fingerprint density at radius 3 is 1.56 bits per heavy atom. The zero-order valence-corrected chi connectivity index (χ0v) is 16.3. The van der Waals surface area contributed by atoms with Crippen LogP contribution in [0.3, 0.4) is 0 Å². The number of carboxylic acid groups (broad SMARTS) is 1. The summed E-state index contributed by atoms with van der Waals surface area (Å²) in [5.41, 5.74) is 11.3. The summed E-state index contributed by atoms with van der Waals surface area (Å²) < 4.78 is 0. The number of aliphatic carboxylic acids is 1. The number of hydrogen-bond acceptors (Lipinski definition) is 4. The Morgan fingerprint density at radius 2 is 1.24 bits per heavy atom. The molecular formula is C20H37N3O2. The molecule has 0 aliphatic heterocycles. The third-order valence-corrected chi connectivity index (χ3v) is 5.88. The van der Waals surface area contributed by atoms with Crippen molar-refractivity contribution in [2.45, 2.75) is 78.3 Å². The van der Waals surface area contributed by atoms with Gasteiger partial charge in [0.1, 0.15) is 6.04 Å². The standard InChI is InChI=1S/C10H18N2.C10H19NO2/c1-7-3-8(2)5-9(4-7)10(12)6-11;1-6-3-7(2)5-8(4-6)9(11)10(12)13/h7-10H,3-5,12H2,1-2H3;6-9H,3-5,11H2,1-2H3,(H,12,13)/t7-,8+,9?,10-;6-,7+,8?,9-/m10/s1. The normalized spacial score (nSPS) is 37.8. The van der Waals surface area contributed by atoms with Crippen molar-refractivity contribution in [2.75, 3.05) is 0 Å². The molecule has 8 atom stereocenters. The van der Waals surface area contributed by atoms with Crippen LogP contribution in [0.1, 0.15) is 66.2 Å². The molecular weight excluding hydrogens is 314 g/mol. The molecule has 5 heteroatoms. The summed E-state index contributed by atoms with van der Waals surface area (Å²) in [6.07, 6.45) is 6.73. The summed E-state index contributed by atoms with van der Waals surface area (Å²) in [5.74, 6) is 2.51. The number of nitrogens with two attached hydrogens (primary N) is 2. The second kappa shape index (κ2) is 10.1. The molecule has 0 spiro atoms. The van der Waals surface area contributed by atoms with Crippen molar-refractivity contribution in [3.63, 3.8) is 0 Å². The third-order valence-electron chi connectivity index (χ3n) is 5.88. The maximum Gasteiger partial charge on any atom is 0.320 e. The summed E-state index contributed by atoms with van der Waals surface area (Å²) in [5, 5.41) is 17.5. The first-order valence-electron chi connectivity index (χ1n) is 9.77. The molecule has 2 aliphatic rings. The van der Waals surface area contributed by atoms with Gasteiger partial charge in [0.05, 0.1) is 12.1 Å². The van der Waals surface area contributed by atoms with E-state index in [1.807, 2.05) is 0 Å². The summed E-state index contributed by atoms with van der Waals surface area (Å²) >= 11 is 0. The highest BCUT2D eigenvalue weighted by molar-refractivity contribution is 5.73. The number of nitriles is 1. The van der Waals surface area contributed by atoms with E-state index in [1.54, 1.807) is 0 Å². The van der Waals surface area contributed by atoms with E-state index in [-0.39, 0.29) is 12.0 Å². The molecule has 0 radical (unpaired) electrons. The fourth-order valence-electron chi connectivity index (χ4n) is 4.91. The van der Waals surface area contributed by atoms with Gasteiger partial charge < -0.3 is 16.6 Å². The molecule has 0 aromatic heterocycles. The lowest BCUT2D eigenvalue weighted by Crippen LogP contribution is -2.41. The van der Waals surface area contributed by atoms with E-state index in [0.29, 0.717) is 17.8 Å². The van der Waals surface area contributed by atoms with Crippen LogP contribution >= 0.6 is 0 Å². The number of nitrogens with zero attached hydrogens (tertiary/aromatic N) is 1. The molecule has 0 aromatic rings. The van der Waals surface area contributed by atoms with Crippen LogP contribution in [-0.2, 0) is 4.79 Å². The van der Waals surface area contributed by atoms with Crippen molar-refractivity contribution in [2.24, 2.45) is 47.0 Å². The van der Waals surface area contributed by atoms with Crippen molar-refractivity contribution in [1.82, 2.24) is 0 Å². The summed E-state index contributed by atoms with van der Waals surface area (Å²) in [6.45, 7) is 8.87. The second-order valence-electron chi connectivity index (χ2n) is 8.87. The summed E-state index contributed by atoms with van der Waals surface area (Å²) in [6, 6.07) is 1.25. The van der Waals surface area contributed by atoms with Crippen molar-refractivity contribution in [3.05, 3.63) is 0 Å². The molecule has 0 saturated heterocycles. The molecule has 144 valence electrons. The van der Waals surface area contributed by atoms with Crippen LogP contribution in [0.25, 0.3) is 0 Å². The summed E-state index contributed by atoms with van der Waals surface area (Å²) in [7, 11) is 0. The second-order valence-corrected chi connectivity index (χ2v) is 8.87. The van der Waals surface area contributed by atoms with Crippen molar-refractivity contribution in [1.29, 1.82) is 5.26 Å². The molecule has 2 saturated carbocycles. The van der Waals surface area contributed by atoms with Gasteiger partial charge in [-0.15, -0.1) is 0 Å². The quantitative estimate of drug-likeness (QED) is 0.721. The average molecular weight is 352 g/mol. The Morgan fingerprint density at radius 1 is 0.880 bits per heavy atom. The molecule has 2 rings (SSSR count). The number of rotatable bonds is 3. The van der Waals surface area contributed by atoms with Crippen LogP contribution in [0, 0.1) is 46.8 Å². The minimum absolute atomic E-state index is 0.177. The number of carbonyl (C=O) groups is 1. The molecule has 2 unspecified atom stereocenters. The van der Waals surface area contributed by atoms with Gasteiger partial charge >= 0.3 is 5.97 Å². The Kier molecular flexibility index (Phi) is 8.88. The van der Waals surface area contributed by atoms with Gasteiger partial charge in [0.25, 0.3) is 0 Å². The fraction of sp³-hybridized carbons (Fsp3) is 0.900. The SMILES string of the molecule is C[C@@H]1CC([C@H](N)C#N)C[C@H](C)C1.C[C@@H]1CC([C@H](N)C(=O)O)C[C@H](C)C1. The van der Waals surface area contributed by atoms with Gasteiger partial charge in [-0.1, -0.05) is 27.7 Å². The zero-order chi connectivity index (χ0) is 19.1. The largest absolute Gasteiger partial charge is 0.480 e. The highest BCUT2D eigenvalue weighted by Gasteiger charge is 2.31. The van der Waals surface area contributed by atoms with E-state index < -0.39 is 12.0 Å². The van der Waals surface area contributed by atoms with Crippen molar-refractivity contribution >= 4 is 5.97 Å². The van der Waals surface area contributed by atoms with E-state index in [0.717, 1.165) is 37.5 Å². The smallest absolute Gasteiger partial charge is 0.320 e. The van der Waals surface area contributed by atoms with Crippen molar-refractivity contribution < 1.29 is 9.90 Å². The first-order chi connectivity index (χ1) is 11.6. The van der Waals surface area contributed by atoms with Crippen molar-refractivity contribution in [3.8, 4) is 6.07 Å². The highest BCUT2D eigenvalue weighted by atomic mass is 16.4. The molecule has 0 amide bonds. The minimum atomic E-state index is -0.855. The molecule has 2 fully saturated rings. The van der Waals surface area contributed by atoms with Gasteiger partial charge in [-0.2, -0.15) is 5.26 Å². The van der Waals surface area contributed by atoms with Crippen LogP contribution in [-0.4, -0.2) is 23.2 Å². The molecule has 0 aromatic carbocycles. The van der Waals surface area contributed by atoms with E-state index >= 15 is 0 Å². The lowest BCUT2D eigenvalue weighted by molar-refractivity contribution is -0.140. The predicted molar refractivity (Wildman–Crippen MR) is 101 cm³/mol. The van der Waals surface area contributed by atoms with E-state index in [2.05, 4.69) is 33.8 Å². The summed E-state index contributed by atoms with van der Waals surface area (Å²) in [4.78, 5) is 10.7.